The number of amides is 1. The van der Waals surface area contributed by atoms with Crippen LogP contribution in [0.2, 0.25) is 0 Å². The fourth-order valence-corrected chi connectivity index (χ4v) is 5.22. The molecule has 0 aromatic heterocycles. The Morgan fingerprint density at radius 2 is 1.60 bits per heavy atom. The van der Waals surface area contributed by atoms with E-state index in [4.69, 9.17) is 4.74 Å². The maximum absolute atomic E-state index is 13.1. The smallest absolute Gasteiger partial charge is 0.331 e. The van der Waals surface area contributed by atoms with E-state index in [-0.39, 0.29) is 22.3 Å². The van der Waals surface area contributed by atoms with Crippen molar-refractivity contribution in [3.05, 3.63) is 59.2 Å². The Morgan fingerprint density at radius 3 is 2.20 bits per heavy atom. The van der Waals surface area contributed by atoms with Crippen LogP contribution < -0.4 is 5.32 Å². The van der Waals surface area contributed by atoms with E-state index in [1.165, 1.54) is 6.92 Å². The van der Waals surface area contributed by atoms with Gasteiger partial charge in [0.15, 0.2) is 0 Å². The summed E-state index contributed by atoms with van der Waals surface area (Å²) in [5, 5.41) is 2.80. The van der Waals surface area contributed by atoms with Gasteiger partial charge in [-0.2, -0.15) is 0 Å². The number of hydrogen-bond acceptors (Lipinski definition) is 5. The van der Waals surface area contributed by atoms with E-state index >= 15 is 0 Å². The highest BCUT2D eigenvalue weighted by atomic mass is 32.2. The van der Waals surface area contributed by atoms with Gasteiger partial charge in [-0.05, 0) is 74.9 Å². The van der Waals surface area contributed by atoms with Crippen molar-refractivity contribution in [2.24, 2.45) is 0 Å². The normalized spacial score (nSPS) is 18.8. The molecule has 0 heterocycles. The number of sulfone groups is 1. The number of hydrogen-bond donors (Lipinski definition) is 1. The van der Waals surface area contributed by atoms with Crippen LogP contribution in [0.1, 0.15) is 43.4 Å². The van der Waals surface area contributed by atoms with Gasteiger partial charge in [-0.15, -0.1) is 0 Å². The second-order valence-electron chi connectivity index (χ2n) is 7.73. The van der Waals surface area contributed by atoms with Crippen molar-refractivity contribution < 1.29 is 22.7 Å². The molecule has 1 aliphatic carbocycles. The Morgan fingerprint density at radius 1 is 1.00 bits per heavy atom. The zero-order chi connectivity index (χ0) is 21.9. The quantitative estimate of drug-likeness (QED) is 0.583. The van der Waals surface area contributed by atoms with Gasteiger partial charge < -0.3 is 10.1 Å². The molecule has 2 aromatic rings. The van der Waals surface area contributed by atoms with Crippen LogP contribution >= 0.6 is 0 Å². The lowest BCUT2D eigenvalue weighted by Crippen LogP contribution is -2.55. The van der Waals surface area contributed by atoms with Crippen molar-refractivity contribution in [2.45, 2.75) is 61.8 Å². The average molecular weight is 430 g/mol. The summed E-state index contributed by atoms with van der Waals surface area (Å²) in [5.41, 5.74) is 1.75. The minimum absolute atomic E-state index is 0.228. The lowest BCUT2D eigenvalue weighted by Gasteiger charge is -2.30. The number of esters is 1. The summed E-state index contributed by atoms with van der Waals surface area (Å²) < 4.78 is 31.3. The maximum atomic E-state index is 13.1. The second-order valence-corrected chi connectivity index (χ2v) is 9.68. The molecule has 0 aliphatic heterocycles. The number of rotatable bonds is 5. The maximum Gasteiger partial charge on any atom is 0.331 e. The van der Waals surface area contributed by atoms with Crippen molar-refractivity contribution in [2.75, 3.05) is 6.61 Å². The lowest BCUT2D eigenvalue weighted by atomic mass is 9.89. The third-order valence-corrected chi connectivity index (χ3v) is 7.31. The van der Waals surface area contributed by atoms with Gasteiger partial charge in [0.1, 0.15) is 5.54 Å². The minimum Gasteiger partial charge on any atom is -0.464 e. The van der Waals surface area contributed by atoms with Crippen molar-refractivity contribution in [1.29, 1.82) is 0 Å². The van der Waals surface area contributed by atoms with Gasteiger partial charge in [-0.25, -0.2) is 13.2 Å². The van der Waals surface area contributed by atoms with Crippen LogP contribution in [0.25, 0.3) is 0 Å². The molecule has 0 saturated carbocycles. The Kier molecular flexibility index (Phi) is 6.31. The summed E-state index contributed by atoms with van der Waals surface area (Å²) in [6.07, 6.45) is 1.76. The number of nitrogens with one attached hydrogen (secondary N) is 1. The molecule has 0 spiro atoms. The molecule has 6 nitrogen and oxygen atoms in total. The first-order valence-electron chi connectivity index (χ1n) is 10.1. The Labute approximate surface area is 177 Å². The van der Waals surface area contributed by atoms with Gasteiger partial charge in [0, 0.05) is 6.92 Å². The van der Waals surface area contributed by atoms with Crippen LogP contribution in [0.3, 0.4) is 0 Å². The number of carbonyl (C=O) groups is 2. The van der Waals surface area contributed by atoms with Gasteiger partial charge in [0.25, 0.3) is 0 Å². The molecule has 0 bridgehead atoms. The molecule has 0 saturated heterocycles. The highest BCUT2D eigenvalue weighted by Crippen LogP contribution is 2.32. The number of fused-ring (bicyclic) bond motifs is 1. The summed E-state index contributed by atoms with van der Waals surface area (Å²) in [4.78, 5) is 24.9. The highest BCUT2D eigenvalue weighted by Gasteiger charge is 2.41. The third kappa shape index (κ3) is 4.41. The lowest BCUT2D eigenvalue weighted by molar-refractivity contribution is -0.153. The third-order valence-electron chi connectivity index (χ3n) is 5.54. The summed E-state index contributed by atoms with van der Waals surface area (Å²) in [7, 11) is -3.64. The number of carbonyl (C=O) groups excluding carboxylic acids is 2. The van der Waals surface area contributed by atoms with Crippen molar-refractivity contribution in [3.63, 3.8) is 0 Å². The topological polar surface area (TPSA) is 89.5 Å². The first-order chi connectivity index (χ1) is 14.2. The zero-order valence-electron chi connectivity index (χ0n) is 17.5. The Balaban J connectivity index is 1.93. The van der Waals surface area contributed by atoms with Crippen LogP contribution in [-0.2, 0) is 37.0 Å². The zero-order valence-corrected chi connectivity index (χ0v) is 18.3. The van der Waals surface area contributed by atoms with E-state index in [0.29, 0.717) is 25.7 Å². The monoisotopic (exact) mass is 429 g/mol. The molecule has 2 aromatic carbocycles. The summed E-state index contributed by atoms with van der Waals surface area (Å²) in [6.45, 7) is 5.24. The van der Waals surface area contributed by atoms with E-state index in [1.807, 2.05) is 13.0 Å². The molecule has 7 heteroatoms. The van der Waals surface area contributed by atoms with Gasteiger partial charge in [-0.1, -0.05) is 23.8 Å². The van der Waals surface area contributed by atoms with Gasteiger partial charge in [-0.3, -0.25) is 4.79 Å². The predicted octanol–water partition coefficient (Wildman–Crippen LogP) is 3.14. The highest BCUT2D eigenvalue weighted by molar-refractivity contribution is 7.91. The van der Waals surface area contributed by atoms with E-state index in [9.17, 15) is 18.0 Å². The van der Waals surface area contributed by atoms with E-state index in [2.05, 4.69) is 5.32 Å². The molecule has 1 atom stereocenters. The Hall–Kier alpha value is -2.67. The average Bonchev–Trinajstić information content (AvgIpc) is 2.88. The van der Waals surface area contributed by atoms with Crippen LogP contribution in [0.5, 0.6) is 0 Å². The van der Waals surface area contributed by atoms with Crippen molar-refractivity contribution >= 4 is 21.7 Å². The van der Waals surface area contributed by atoms with Crippen LogP contribution in [0, 0.1) is 6.92 Å². The molecule has 1 aliphatic rings. The molecule has 30 heavy (non-hydrogen) atoms. The Bertz CT molecular complexity index is 1060. The number of ether oxygens (including phenoxy) is 1. The largest absolute Gasteiger partial charge is 0.464 e. The molecular formula is C23H27NO5S. The summed E-state index contributed by atoms with van der Waals surface area (Å²) >= 11 is 0. The molecule has 160 valence electrons. The van der Waals surface area contributed by atoms with Gasteiger partial charge >= 0.3 is 5.97 Å². The second kappa shape index (κ2) is 8.60. The number of benzene rings is 2. The summed E-state index contributed by atoms with van der Waals surface area (Å²) in [6, 6.07) is 11.9. The van der Waals surface area contributed by atoms with Crippen LogP contribution in [0.15, 0.2) is 52.3 Å². The number of aryl methyl sites for hydroxylation is 3. The van der Waals surface area contributed by atoms with Crippen molar-refractivity contribution in [1.82, 2.24) is 5.32 Å². The van der Waals surface area contributed by atoms with Gasteiger partial charge in [0.05, 0.1) is 16.4 Å². The molecular weight excluding hydrogens is 402 g/mol. The predicted molar refractivity (Wildman–Crippen MR) is 113 cm³/mol. The fourth-order valence-electron chi connectivity index (χ4n) is 3.91. The van der Waals surface area contributed by atoms with Crippen LogP contribution in [-0.4, -0.2) is 32.4 Å². The van der Waals surface area contributed by atoms with E-state index in [1.54, 1.807) is 43.3 Å². The molecule has 0 fully saturated rings. The van der Waals surface area contributed by atoms with E-state index in [0.717, 1.165) is 16.7 Å². The van der Waals surface area contributed by atoms with E-state index < -0.39 is 21.3 Å². The molecule has 0 radical (unpaired) electrons. The molecule has 1 unspecified atom stereocenters. The molecule has 3 rings (SSSR count). The summed E-state index contributed by atoms with van der Waals surface area (Å²) in [5.74, 6) is -0.739. The molecule has 1 amide bonds. The van der Waals surface area contributed by atoms with Gasteiger partial charge in [0.2, 0.25) is 15.7 Å². The molecule has 1 N–H and O–H groups in total. The standard InChI is InChI=1S/C23H27NO5S/c1-4-29-22(26)23(24-17(3)25)13-11-18-7-10-21(15-19(18)12-14-23)30(27,28)20-8-5-16(2)6-9-20/h5-10,15H,4,11-14H2,1-3H3,(H,24,25). The SMILES string of the molecule is CCOC(=O)C1(NC(C)=O)CCc2ccc(S(=O)(=O)c3ccc(C)cc3)cc2CC1. The first-order valence-corrected chi connectivity index (χ1v) is 11.6. The first kappa shape index (κ1) is 22.0. The minimum atomic E-state index is -3.64. The van der Waals surface area contributed by atoms with Crippen molar-refractivity contribution in [3.8, 4) is 0 Å². The van der Waals surface area contributed by atoms with Crippen LogP contribution in [0.4, 0.5) is 0 Å². The fraction of sp³-hybridized carbons (Fsp3) is 0.391.